The molecule has 1 spiro atoms. The molecule has 1 amide bonds. The molecule has 0 bridgehead atoms. The molecule has 1 saturated carbocycles. The Balaban J connectivity index is 1.50. The minimum atomic E-state index is -0.220. The summed E-state index contributed by atoms with van der Waals surface area (Å²) in [5, 5.41) is 9.77. The van der Waals surface area contributed by atoms with Crippen LogP contribution in [0.15, 0.2) is 18.2 Å². The zero-order valence-corrected chi connectivity index (χ0v) is 15.8. The van der Waals surface area contributed by atoms with E-state index >= 15 is 0 Å². The number of piperidine rings is 1. The molecule has 0 unspecified atom stereocenters. The summed E-state index contributed by atoms with van der Waals surface area (Å²) in [5.74, 6) is 0.358. The number of nitrogens with two attached hydrogens (primary N) is 1. The Bertz CT molecular complexity index is 684. The highest BCUT2D eigenvalue weighted by molar-refractivity contribution is 5.86. The fourth-order valence-corrected chi connectivity index (χ4v) is 5.32. The summed E-state index contributed by atoms with van der Waals surface area (Å²) >= 11 is 0. The quantitative estimate of drug-likeness (QED) is 0.799. The van der Waals surface area contributed by atoms with Crippen LogP contribution in [-0.4, -0.2) is 47.7 Å². The normalized spacial score (nSPS) is 32.5. The average molecular weight is 357 g/mol. The van der Waals surface area contributed by atoms with Gasteiger partial charge in [-0.3, -0.25) is 4.79 Å². The third-order valence-corrected chi connectivity index (χ3v) is 6.79. The second-order valence-corrected chi connectivity index (χ2v) is 8.56. The van der Waals surface area contributed by atoms with Crippen LogP contribution in [0.3, 0.4) is 0 Å². The van der Waals surface area contributed by atoms with E-state index in [-0.39, 0.29) is 11.5 Å². The van der Waals surface area contributed by atoms with Crippen molar-refractivity contribution >= 4 is 17.3 Å². The molecule has 3 N–H and O–H groups in total. The van der Waals surface area contributed by atoms with Crippen LogP contribution >= 0.6 is 0 Å². The van der Waals surface area contributed by atoms with E-state index in [2.05, 4.69) is 22.8 Å². The van der Waals surface area contributed by atoms with E-state index in [1.807, 2.05) is 12.1 Å². The number of nitrogens with zero attached hydrogens (tertiary/aromatic N) is 2. The number of carbonyl (C=O) groups is 1. The van der Waals surface area contributed by atoms with Crippen molar-refractivity contribution in [2.24, 2.45) is 5.41 Å². The van der Waals surface area contributed by atoms with E-state index < -0.39 is 0 Å². The van der Waals surface area contributed by atoms with Crippen LogP contribution in [0.4, 0.5) is 11.4 Å². The van der Waals surface area contributed by atoms with Crippen molar-refractivity contribution in [1.29, 1.82) is 0 Å². The number of amides is 1. The molecule has 1 aliphatic carbocycles. The van der Waals surface area contributed by atoms with Crippen LogP contribution < -0.4 is 10.6 Å². The molecule has 3 aliphatic rings. The van der Waals surface area contributed by atoms with E-state index in [1.165, 1.54) is 11.3 Å². The van der Waals surface area contributed by atoms with E-state index in [4.69, 9.17) is 5.73 Å². The number of anilines is 2. The Morgan fingerprint density at radius 2 is 1.92 bits per heavy atom. The molecule has 2 aliphatic heterocycles. The highest BCUT2D eigenvalue weighted by Crippen LogP contribution is 2.43. The standard InChI is InChI=1S/C21H31N3O2/c1-15-13-16(22)3-8-19(15)23-11-2-9-21(14-23)10-12-24(20(21)26)17-4-6-18(25)7-5-17/h3,8,13,17-18,25H,2,4-7,9-12,14,22H2,1H3/t17?,18?,21-/m1/s1. The summed E-state index contributed by atoms with van der Waals surface area (Å²) in [7, 11) is 0. The van der Waals surface area contributed by atoms with Crippen molar-refractivity contribution in [2.45, 2.75) is 64.0 Å². The van der Waals surface area contributed by atoms with Gasteiger partial charge in [-0.25, -0.2) is 0 Å². The molecular formula is C21H31N3O2. The molecule has 26 heavy (non-hydrogen) atoms. The predicted molar refractivity (Wildman–Crippen MR) is 104 cm³/mol. The van der Waals surface area contributed by atoms with Gasteiger partial charge in [0.25, 0.3) is 0 Å². The van der Waals surface area contributed by atoms with Gasteiger partial charge in [0, 0.05) is 37.1 Å². The predicted octanol–water partition coefficient (Wildman–Crippen LogP) is 2.70. The maximum Gasteiger partial charge on any atom is 0.230 e. The van der Waals surface area contributed by atoms with Gasteiger partial charge in [-0.2, -0.15) is 0 Å². The van der Waals surface area contributed by atoms with Crippen LogP contribution in [0, 0.1) is 12.3 Å². The van der Waals surface area contributed by atoms with Gasteiger partial charge in [0.1, 0.15) is 0 Å². The van der Waals surface area contributed by atoms with Crippen molar-refractivity contribution in [3.05, 3.63) is 23.8 Å². The Morgan fingerprint density at radius 3 is 2.65 bits per heavy atom. The number of likely N-dealkylation sites (tertiary alicyclic amines) is 1. The number of hydrogen-bond donors (Lipinski definition) is 2. The first-order valence-corrected chi connectivity index (χ1v) is 10.1. The molecule has 1 atom stereocenters. The van der Waals surface area contributed by atoms with Crippen molar-refractivity contribution in [1.82, 2.24) is 4.90 Å². The maximum atomic E-state index is 13.4. The Labute approximate surface area is 156 Å². The van der Waals surface area contributed by atoms with Crippen LogP contribution in [0.25, 0.3) is 0 Å². The number of nitrogen functional groups attached to an aromatic ring is 1. The number of benzene rings is 1. The molecule has 2 saturated heterocycles. The smallest absolute Gasteiger partial charge is 0.230 e. The fourth-order valence-electron chi connectivity index (χ4n) is 5.32. The molecule has 4 rings (SSSR count). The highest BCUT2D eigenvalue weighted by atomic mass is 16.3. The lowest BCUT2D eigenvalue weighted by atomic mass is 9.78. The first-order valence-electron chi connectivity index (χ1n) is 10.1. The molecule has 2 heterocycles. The fraction of sp³-hybridized carbons (Fsp3) is 0.667. The van der Waals surface area contributed by atoms with Gasteiger partial charge in [-0.05, 0) is 75.6 Å². The third-order valence-electron chi connectivity index (χ3n) is 6.79. The summed E-state index contributed by atoms with van der Waals surface area (Å²) in [6.07, 6.45) is 6.42. The molecule has 5 heteroatoms. The number of rotatable bonds is 2. The minimum absolute atomic E-state index is 0.170. The van der Waals surface area contributed by atoms with Gasteiger partial charge < -0.3 is 20.6 Å². The van der Waals surface area contributed by atoms with Gasteiger partial charge in [0.15, 0.2) is 0 Å². The number of hydrogen-bond acceptors (Lipinski definition) is 4. The largest absolute Gasteiger partial charge is 0.399 e. The summed E-state index contributed by atoms with van der Waals surface area (Å²) in [6.45, 7) is 4.81. The summed E-state index contributed by atoms with van der Waals surface area (Å²) in [5.41, 5.74) is 8.88. The van der Waals surface area contributed by atoms with Crippen LogP contribution in [0.1, 0.15) is 50.5 Å². The molecule has 0 aromatic heterocycles. The average Bonchev–Trinajstić information content (AvgIpc) is 2.92. The second-order valence-electron chi connectivity index (χ2n) is 8.56. The second kappa shape index (κ2) is 6.76. The third kappa shape index (κ3) is 3.07. The van der Waals surface area contributed by atoms with Gasteiger partial charge in [-0.1, -0.05) is 0 Å². The van der Waals surface area contributed by atoms with Gasteiger partial charge in [0.2, 0.25) is 5.91 Å². The van der Waals surface area contributed by atoms with Gasteiger partial charge in [0.05, 0.1) is 11.5 Å². The van der Waals surface area contributed by atoms with E-state index in [0.29, 0.717) is 11.9 Å². The van der Waals surface area contributed by atoms with Gasteiger partial charge >= 0.3 is 0 Å². The first-order chi connectivity index (χ1) is 12.5. The summed E-state index contributed by atoms with van der Waals surface area (Å²) < 4.78 is 0. The van der Waals surface area contributed by atoms with Crippen LogP contribution in [0.5, 0.6) is 0 Å². The highest BCUT2D eigenvalue weighted by Gasteiger charge is 2.50. The number of aryl methyl sites for hydroxylation is 1. The SMILES string of the molecule is Cc1cc(N)ccc1N1CCC[C@@]2(CCN(C3CCC(O)CC3)C2=O)C1. The van der Waals surface area contributed by atoms with E-state index in [9.17, 15) is 9.90 Å². The van der Waals surface area contributed by atoms with Crippen molar-refractivity contribution in [3.8, 4) is 0 Å². The van der Waals surface area contributed by atoms with Crippen LogP contribution in [-0.2, 0) is 4.79 Å². The molecule has 1 aromatic rings. The molecule has 5 nitrogen and oxygen atoms in total. The van der Waals surface area contributed by atoms with Crippen molar-refractivity contribution in [2.75, 3.05) is 30.3 Å². The zero-order valence-electron chi connectivity index (χ0n) is 15.8. The van der Waals surface area contributed by atoms with Crippen LogP contribution in [0.2, 0.25) is 0 Å². The van der Waals surface area contributed by atoms with E-state index in [0.717, 1.165) is 70.3 Å². The summed E-state index contributed by atoms with van der Waals surface area (Å²) in [6, 6.07) is 6.41. The lowest BCUT2D eigenvalue weighted by Crippen LogP contribution is -2.50. The minimum Gasteiger partial charge on any atom is -0.399 e. The topological polar surface area (TPSA) is 69.8 Å². The molecular weight excluding hydrogens is 326 g/mol. The molecule has 3 fully saturated rings. The van der Waals surface area contributed by atoms with Gasteiger partial charge in [-0.15, -0.1) is 0 Å². The molecule has 142 valence electrons. The lowest BCUT2D eigenvalue weighted by molar-refractivity contribution is -0.139. The maximum absolute atomic E-state index is 13.4. The lowest BCUT2D eigenvalue weighted by Gasteiger charge is -2.42. The number of aliphatic hydroxyl groups excluding tert-OH is 1. The Hall–Kier alpha value is -1.75. The zero-order chi connectivity index (χ0) is 18.3. The summed E-state index contributed by atoms with van der Waals surface area (Å²) in [4.78, 5) is 17.9. The Morgan fingerprint density at radius 1 is 1.15 bits per heavy atom. The number of carbonyl (C=O) groups excluding carboxylic acids is 1. The number of aliphatic hydroxyl groups is 1. The molecule has 0 radical (unpaired) electrons. The monoisotopic (exact) mass is 357 g/mol. The first kappa shape index (κ1) is 17.7. The Kier molecular flexibility index (Phi) is 4.59. The van der Waals surface area contributed by atoms with Crippen molar-refractivity contribution < 1.29 is 9.90 Å². The molecule has 1 aromatic carbocycles. The van der Waals surface area contributed by atoms with Crippen molar-refractivity contribution in [3.63, 3.8) is 0 Å². The van der Waals surface area contributed by atoms with E-state index in [1.54, 1.807) is 0 Å².